The second kappa shape index (κ2) is 6.96. The van der Waals surface area contributed by atoms with Gasteiger partial charge in [0.25, 0.3) is 0 Å². The average Bonchev–Trinajstić information content (AvgIpc) is 2.35. The number of carbonyl (C=O) groups excluding carboxylic acids is 1. The van der Waals surface area contributed by atoms with Crippen LogP contribution < -0.4 is 10.6 Å². The molecular weight excluding hydrogens is 296 g/mol. The summed E-state index contributed by atoms with van der Waals surface area (Å²) in [6.07, 6.45) is 1.88. The van der Waals surface area contributed by atoms with Gasteiger partial charge in [-0.1, -0.05) is 0 Å². The first-order chi connectivity index (χ1) is 10.2. The zero-order valence-electron chi connectivity index (χ0n) is 14.1. The lowest BCUT2D eigenvalue weighted by Crippen LogP contribution is -2.53. The Hall–Kier alpha value is -1.14. The zero-order chi connectivity index (χ0) is 16.3. The van der Waals surface area contributed by atoms with Crippen LogP contribution in [0.3, 0.4) is 0 Å². The summed E-state index contributed by atoms with van der Waals surface area (Å²) in [6, 6.07) is 1.90. The van der Waals surface area contributed by atoms with E-state index in [0.717, 1.165) is 35.9 Å². The van der Waals surface area contributed by atoms with E-state index in [2.05, 4.69) is 20.6 Å². The molecule has 2 heterocycles. The lowest BCUT2D eigenvalue weighted by Gasteiger charge is -2.31. The Balaban J connectivity index is 1.97. The molecule has 1 aliphatic rings. The maximum atomic E-state index is 12.3. The number of thioether (sulfide) groups is 1. The maximum Gasteiger partial charge on any atom is 0.237 e. The van der Waals surface area contributed by atoms with Crippen molar-refractivity contribution in [2.24, 2.45) is 0 Å². The van der Waals surface area contributed by atoms with Crippen LogP contribution in [-0.2, 0) is 4.79 Å². The Bertz CT molecular complexity index is 521. The zero-order valence-corrected chi connectivity index (χ0v) is 14.9. The molecule has 0 aliphatic carbocycles. The van der Waals surface area contributed by atoms with E-state index in [0.29, 0.717) is 5.25 Å². The first kappa shape index (κ1) is 17.2. The van der Waals surface area contributed by atoms with Crippen molar-refractivity contribution in [1.82, 2.24) is 20.6 Å². The van der Waals surface area contributed by atoms with Crippen molar-refractivity contribution < 1.29 is 4.79 Å². The van der Waals surface area contributed by atoms with E-state index in [4.69, 9.17) is 0 Å². The molecular formula is C16H26N4OS. The van der Waals surface area contributed by atoms with Crippen LogP contribution in [0.4, 0.5) is 0 Å². The van der Waals surface area contributed by atoms with E-state index >= 15 is 0 Å². The number of rotatable bonds is 3. The molecule has 0 aromatic carbocycles. The van der Waals surface area contributed by atoms with Gasteiger partial charge >= 0.3 is 0 Å². The summed E-state index contributed by atoms with van der Waals surface area (Å²) in [5.74, 6) is 0.895. The molecule has 1 amide bonds. The molecule has 22 heavy (non-hydrogen) atoms. The molecule has 0 bridgehead atoms. The summed E-state index contributed by atoms with van der Waals surface area (Å²) >= 11 is 1.76. The van der Waals surface area contributed by atoms with Gasteiger partial charge in [0.15, 0.2) is 0 Å². The van der Waals surface area contributed by atoms with E-state index in [9.17, 15) is 4.79 Å². The van der Waals surface area contributed by atoms with Gasteiger partial charge in [-0.05, 0) is 60.1 Å². The lowest BCUT2D eigenvalue weighted by atomic mass is 10.0. The molecule has 1 aromatic heterocycles. The van der Waals surface area contributed by atoms with Gasteiger partial charge in [-0.3, -0.25) is 4.79 Å². The summed E-state index contributed by atoms with van der Waals surface area (Å²) in [7, 11) is 0. The number of carbonyl (C=O) groups is 1. The largest absolute Gasteiger partial charge is 0.350 e. The molecule has 0 radical (unpaired) electrons. The highest BCUT2D eigenvalue weighted by molar-refractivity contribution is 7.99. The highest BCUT2D eigenvalue weighted by Gasteiger charge is 2.29. The second-order valence-corrected chi connectivity index (χ2v) is 8.23. The minimum Gasteiger partial charge on any atom is -0.350 e. The quantitative estimate of drug-likeness (QED) is 0.835. The topological polar surface area (TPSA) is 66.9 Å². The van der Waals surface area contributed by atoms with Gasteiger partial charge < -0.3 is 10.6 Å². The molecule has 0 saturated carbocycles. The molecule has 0 spiro atoms. The van der Waals surface area contributed by atoms with E-state index in [1.54, 1.807) is 11.8 Å². The molecule has 1 fully saturated rings. The second-order valence-electron chi connectivity index (χ2n) is 6.90. The SMILES string of the molecule is Cc1cc(S[C@@H]2CCN[C@H](C(=O)NC(C)(C)C)C2)nc(C)n1. The number of nitrogens with one attached hydrogen (secondary N) is 2. The summed E-state index contributed by atoms with van der Waals surface area (Å²) in [4.78, 5) is 21.1. The minimum absolute atomic E-state index is 0.0906. The van der Waals surface area contributed by atoms with Crippen LogP contribution in [0, 0.1) is 13.8 Å². The average molecular weight is 322 g/mol. The van der Waals surface area contributed by atoms with E-state index < -0.39 is 0 Å². The Labute approximate surface area is 137 Å². The lowest BCUT2D eigenvalue weighted by molar-refractivity contribution is -0.125. The number of aryl methyl sites for hydroxylation is 2. The summed E-state index contributed by atoms with van der Waals surface area (Å²) < 4.78 is 0. The third-order valence-corrected chi connectivity index (χ3v) is 4.61. The van der Waals surface area contributed by atoms with Crippen LogP contribution in [0.25, 0.3) is 0 Å². The number of aromatic nitrogens is 2. The third kappa shape index (κ3) is 5.25. The van der Waals surface area contributed by atoms with Gasteiger partial charge in [-0.2, -0.15) is 0 Å². The first-order valence-corrected chi connectivity index (χ1v) is 8.65. The van der Waals surface area contributed by atoms with Crippen molar-refractivity contribution in [2.45, 2.75) is 69.3 Å². The Kier molecular flexibility index (Phi) is 5.45. The number of amides is 1. The van der Waals surface area contributed by atoms with Gasteiger partial charge in [0.2, 0.25) is 5.91 Å². The molecule has 2 atom stereocenters. The standard InChI is InChI=1S/C16H26N4OS/c1-10-8-14(19-11(2)18-10)22-12-6-7-17-13(9-12)15(21)20-16(3,4)5/h8,12-13,17H,6-7,9H2,1-5H3,(H,20,21)/t12-,13+/m1/s1. The van der Waals surface area contributed by atoms with Crippen molar-refractivity contribution in [2.75, 3.05) is 6.54 Å². The molecule has 1 aliphatic heterocycles. The summed E-state index contributed by atoms with van der Waals surface area (Å²) in [5.41, 5.74) is 0.797. The highest BCUT2D eigenvalue weighted by atomic mass is 32.2. The fourth-order valence-electron chi connectivity index (χ4n) is 2.56. The minimum atomic E-state index is -0.195. The first-order valence-electron chi connectivity index (χ1n) is 7.77. The molecule has 1 aromatic rings. The van der Waals surface area contributed by atoms with Crippen LogP contribution in [0.2, 0.25) is 0 Å². The van der Waals surface area contributed by atoms with Gasteiger partial charge in [0, 0.05) is 16.5 Å². The molecule has 6 heteroatoms. The van der Waals surface area contributed by atoms with Crippen LogP contribution in [0.5, 0.6) is 0 Å². The highest BCUT2D eigenvalue weighted by Crippen LogP contribution is 2.29. The molecule has 122 valence electrons. The molecule has 0 unspecified atom stereocenters. The Morgan fingerprint density at radius 1 is 1.36 bits per heavy atom. The van der Waals surface area contributed by atoms with Crippen LogP contribution >= 0.6 is 11.8 Å². The summed E-state index contributed by atoms with van der Waals surface area (Å²) in [5, 5.41) is 7.79. The Morgan fingerprint density at radius 3 is 2.73 bits per heavy atom. The van der Waals surface area contributed by atoms with Crippen molar-refractivity contribution >= 4 is 17.7 Å². The molecule has 2 N–H and O–H groups in total. The number of piperidine rings is 1. The maximum absolute atomic E-state index is 12.3. The number of hydrogen-bond donors (Lipinski definition) is 2. The normalized spacial score (nSPS) is 22.4. The van der Waals surface area contributed by atoms with Crippen LogP contribution in [0.1, 0.15) is 45.1 Å². The molecule has 2 rings (SSSR count). The predicted octanol–water partition coefficient (Wildman–Crippen LogP) is 2.22. The fraction of sp³-hybridized carbons (Fsp3) is 0.688. The monoisotopic (exact) mass is 322 g/mol. The number of hydrogen-bond acceptors (Lipinski definition) is 5. The van der Waals surface area contributed by atoms with Crippen molar-refractivity contribution in [3.05, 3.63) is 17.6 Å². The van der Waals surface area contributed by atoms with E-state index in [-0.39, 0.29) is 17.5 Å². The predicted molar refractivity (Wildman–Crippen MR) is 90.1 cm³/mol. The van der Waals surface area contributed by atoms with Crippen LogP contribution in [-0.4, -0.2) is 39.3 Å². The molecule has 5 nitrogen and oxygen atoms in total. The van der Waals surface area contributed by atoms with Crippen molar-refractivity contribution in [3.63, 3.8) is 0 Å². The van der Waals surface area contributed by atoms with Gasteiger partial charge in [0.1, 0.15) is 10.9 Å². The number of nitrogens with zero attached hydrogens (tertiary/aromatic N) is 2. The van der Waals surface area contributed by atoms with Crippen molar-refractivity contribution in [1.29, 1.82) is 0 Å². The van der Waals surface area contributed by atoms with E-state index in [1.807, 2.05) is 40.7 Å². The Morgan fingerprint density at radius 2 is 2.09 bits per heavy atom. The van der Waals surface area contributed by atoms with Crippen LogP contribution in [0.15, 0.2) is 11.1 Å². The third-order valence-electron chi connectivity index (χ3n) is 3.40. The van der Waals surface area contributed by atoms with E-state index in [1.165, 1.54) is 0 Å². The fourth-order valence-corrected chi connectivity index (χ4v) is 3.85. The summed E-state index contributed by atoms with van der Waals surface area (Å²) in [6.45, 7) is 10.8. The smallest absolute Gasteiger partial charge is 0.237 e. The van der Waals surface area contributed by atoms with Gasteiger partial charge in [-0.25, -0.2) is 9.97 Å². The van der Waals surface area contributed by atoms with Gasteiger partial charge in [-0.15, -0.1) is 11.8 Å². The van der Waals surface area contributed by atoms with Gasteiger partial charge in [0.05, 0.1) is 6.04 Å². The molecule has 1 saturated heterocycles. The van der Waals surface area contributed by atoms with Crippen molar-refractivity contribution in [3.8, 4) is 0 Å².